The van der Waals surface area contributed by atoms with Crippen LogP contribution >= 0.6 is 0 Å². The van der Waals surface area contributed by atoms with Gasteiger partial charge in [-0.2, -0.15) is 0 Å². The number of allylic oxidation sites excluding steroid dienone is 1. The average molecular weight is 171 g/mol. The minimum Gasteiger partial charge on any atom is -0.478 e. The molecule has 12 heavy (non-hydrogen) atoms. The smallest absolute Gasteiger partial charge is 0.333 e. The lowest BCUT2D eigenvalue weighted by molar-refractivity contribution is -0.132. The van der Waals surface area contributed by atoms with E-state index >= 15 is 0 Å². The van der Waals surface area contributed by atoms with E-state index in [2.05, 4.69) is 5.32 Å². The molecule has 0 rings (SSSR count). The predicted molar refractivity (Wildman–Crippen MR) is 48.9 cm³/mol. The summed E-state index contributed by atoms with van der Waals surface area (Å²) in [5.41, 5.74) is 1.00. The highest BCUT2D eigenvalue weighted by Crippen LogP contribution is 2.07. The summed E-state index contributed by atoms with van der Waals surface area (Å²) < 4.78 is 0. The van der Waals surface area contributed by atoms with E-state index in [0.717, 1.165) is 5.70 Å². The molecule has 0 aliphatic carbocycles. The molecule has 0 heterocycles. The Bertz CT molecular complexity index is 211. The molecule has 0 aromatic heterocycles. The Hall–Kier alpha value is -0.990. The lowest BCUT2D eigenvalue weighted by Gasteiger charge is -2.23. The second-order valence-corrected chi connectivity index (χ2v) is 3.93. The van der Waals surface area contributed by atoms with Gasteiger partial charge in [0, 0.05) is 11.2 Å². The largest absolute Gasteiger partial charge is 0.478 e. The molecule has 3 nitrogen and oxygen atoms in total. The number of hydrogen-bond acceptors (Lipinski definition) is 2. The van der Waals surface area contributed by atoms with Crippen LogP contribution in [-0.2, 0) is 4.79 Å². The van der Waals surface area contributed by atoms with E-state index in [1.54, 1.807) is 13.8 Å². The van der Waals surface area contributed by atoms with Crippen molar-refractivity contribution in [1.82, 2.24) is 5.32 Å². The van der Waals surface area contributed by atoms with Gasteiger partial charge >= 0.3 is 5.97 Å². The van der Waals surface area contributed by atoms with Crippen LogP contribution in [0.15, 0.2) is 11.3 Å². The van der Waals surface area contributed by atoms with Gasteiger partial charge in [0.1, 0.15) is 0 Å². The third-order valence-electron chi connectivity index (χ3n) is 1.45. The van der Waals surface area contributed by atoms with Crippen LogP contribution in [0.4, 0.5) is 0 Å². The van der Waals surface area contributed by atoms with Crippen molar-refractivity contribution in [3.63, 3.8) is 0 Å². The Morgan fingerprint density at radius 1 is 1.25 bits per heavy atom. The first-order valence-electron chi connectivity index (χ1n) is 3.93. The summed E-state index contributed by atoms with van der Waals surface area (Å²) in [6.07, 6.45) is 0. The van der Waals surface area contributed by atoms with Crippen molar-refractivity contribution in [3.8, 4) is 0 Å². The third-order valence-corrected chi connectivity index (χ3v) is 1.45. The minimum absolute atomic E-state index is 0.0825. The monoisotopic (exact) mass is 171 g/mol. The number of hydrogen-bond donors (Lipinski definition) is 2. The van der Waals surface area contributed by atoms with Crippen molar-refractivity contribution in [2.75, 3.05) is 0 Å². The fraction of sp³-hybridized carbons (Fsp3) is 0.667. The third kappa shape index (κ3) is 4.01. The van der Waals surface area contributed by atoms with E-state index in [-0.39, 0.29) is 5.54 Å². The minimum atomic E-state index is -0.871. The van der Waals surface area contributed by atoms with E-state index in [0.29, 0.717) is 5.57 Å². The Labute approximate surface area is 73.5 Å². The maximum atomic E-state index is 10.5. The van der Waals surface area contributed by atoms with Crippen molar-refractivity contribution >= 4 is 5.97 Å². The van der Waals surface area contributed by atoms with Gasteiger partial charge in [-0.25, -0.2) is 4.79 Å². The Kier molecular flexibility index (Phi) is 3.31. The van der Waals surface area contributed by atoms with E-state index < -0.39 is 5.97 Å². The molecule has 0 aliphatic heterocycles. The van der Waals surface area contributed by atoms with Crippen molar-refractivity contribution in [2.24, 2.45) is 0 Å². The van der Waals surface area contributed by atoms with Gasteiger partial charge in [0.2, 0.25) is 0 Å². The fourth-order valence-electron chi connectivity index (χ4n) is 0.817. The molecule has 70 valence electrons. The Morgan fingerprint density at radius 2 is 1.67 bits per heavy atom. The highest BCUT2D eigenvalue weighted by atomic mass is 16.4. The topological polar surface area (TPSA) is 49.3 Å². The van der Waals surface area contributed by atoms with Gasteiger partial charge in [0.15, 0.2) is 0 Å². The van der Waals surface area contributed by atoms with E-state index in [1.165, 1.54) is 0 Å². The van der Waals surface area contributed by atoms with Crippen LogP contribution in [0.3, 0.4) is 0 Å². The number of carboxylic acids is 1. The first kappa shape index (κ1) is 11.0. The molecule has 0 aliphatic rings. The maximum Gasteiger partial charge on any atom is 0.333 e. The Balaban J connectivity index is 4.49. The van der Waals surface area contributed by atoms with Gasteiger partial charge in [-0.05, 0) is 34.6 Å². The predicted octanol–water partition coefficient (Wildman–Crippen LogP) is 1.75. The SMILES string of the molecule is C/C(NC(C)(C)C)=C(\C)C(=O)O. The summed E-state index contributed by atoms with van der Waals surface area (Å²) in [4.78, 5) is 10.5. The van der Waals surface area contributed by atoms with Gasteiger partial charge < -0.3 is 10.4 Å². The first-order valence-corrected chi connectivity index (χ1v) is 3.93. The zero-order valence-electron chi connectivity index (χ0n) is 8.36. The molecule has 0 fully saturated rings. The molecule has 0 saturated carbocycles. The fourth-order valence-corrected chi connectivity index (χ4v) is 0.817. The van der Waals surface area contributed by atoms with Crippen molar-refractivity contribution in [3.05, 3.63) is 11.3 Å². The first-order chi connectivity index (χ1) is 5.24. The summed E-state index contributed by atoms with van der Waals surface area (Å²) in [5, 5.41) is 11.8. The molecule has 2 N–H and O–H groups in total. The molecular formula is C9H17NO2. The number of carboxylic acid groups (broad SMARTS) is 1. The van der Waals surface area contributed by atoms with Crippen LogP contribution in [0, 0.1) is 0 Å². The molecule has 0 spiro atoms. The maximum absolute atomic E-state index is 10.5. The quantitative estimate of drug-likeness (QED) is 0.622. The second kappa shape index (κ2) is 3.61. The van der Waals surface area contributed by atoms with Gasteiger partial charge in [-0.15, -0.1) is 0 Å². The van der Waals surface area contributed by atoms with Crippen LogP contribution in [0.25, 0.3) is 0 Å². The van der Waals surface area contributed by atoms with Crippen molar-refractivity contribution in [1.29, 1.82) is 0 Å². The summed E-state index contributed by atoms with van der Waals surface area (Å²) in [6, 6.07) is 0. The molecule has 0 aromatic carbocycles. The van der Waals surface area contributed by atoms with Gasteiger partial charge in [-0.1, -0.05) is 0 Å². The Morgan fingerprint density at radius 3 is 1.92 bits per heavy atom. The standard InChI is InChI=1S/C9H17NO2/c1-6(8(11)12)7(2)10-9(3,4)5/h10H,1-5H3,(H,11,12)/b7-6-. The van der Waals surface area contributed by atoms with Crippen molar-refractivity contribution in [2.45, 2.75) is 40.2 Å². The highest BCUT2D eigenvalue weighted by Gasteiger charge is 2.12. The van der Waals surface area contributed by atoms with Crippen molar-refractivity contribution < 1.29 is 9.90 Å². The zero-order valence-corrected chi connectivity index (χ0v) is 8.36. The lowest BCUT2D eigenvalue weighted by Crippen LogP contribution is -2.35. The van der Waals surface area contributed by atoms with Gasteiger partial charge in [-0.3, -0.25) is 0 Å². The van der Waals surface area contributed by atoms with Crippen LogP contribution in [0.2, 0.25) is 0 Å². The summed E-state index contributed by atoms with van der Waals surface area (Å²) in [7, 11) is 0. The second-order valence-electron chi connectivity index (χ2n) is 3.93. The molecular weight excluding hydrogens is 154 g/mol. The number of nitrogens with one attached hydrogen (secondary N) is 1. The van der Waals surface area contributed by atoms with Gasteiger partial charge in [0.05, 0.1) is 5.57 Å². The van der Waals surface area contributed by atoms with E-state index in [4.69, 9.17) is 5.11 Å². The van der Waals surface area contributed by atoms with Gasteiger partial charge in [0.25, 0.3) is 0 Å². The lowest BCUT2D eigenvalue weighted by atomic mass is 10.1. The molecule has 0 saturated heterocycles. The van der Waals surface area contributed by atoms with Crippen LogP contribution in [0.5, 0.6) is 0 Å². The van der Waals surface area contributed by atoms with Crippen LogP contribution in [0.1, 0.15) is 34.6 Å². The molecule has 0 radical (unpaired) electrons. The molecule has 3 heteroatoms. The molecule has 0 amide bonds. The highest BCUT2D eigenvalue weighted by molar-refractivity contribution is 5.86. The summed E-state index contributed by atoms with van der Waals surface area (Å²) in [5.74, 6) is -0.871. The summed E-state index contributed by atoms with van der Waals surface area (Å²) in [6.45, 7) is 9.34. The normalized spacial score (nSPS) is 13.8. The zero-order chi connectivity index (χ0) is 9.94. The molecule has 0 bridgehead atoms. The van der Waals surface area contributed by atoms with E-state index in [1.807, 2.05) is 20.8 Å². The summed E-state index contributed by atoms with van der Waals surface area (Å²) >= 11 is 0. The average Bonchev–Trinajstić information content (AvgIpc) is 1.82. The van der Waals surface area contributed by atoms with Crippen LogP contribution < -0.4 is 5.32 Å². The number of rotatable bonds is 2. The van der Waals surface area contributed by atoms with Crippen LogP contribution in [-0.4, -0.2) is 16.6 Å². The number of aliphatic carboxylic acids is 1. The number of carbonyl (C=O) groups is 1. The van der Waals surface area contributed by atoms with E-state index in [9.17, 15) is 4.79 Å². The molecule has 0 unspecified atom stereocenters. The molecule has 0 aromatic rings. The molecule has 0 atom stereocenters.